The number of alkyl carbamates (subject to hydrolysis) is 1. The first kappa shape index (κ1) is 24.5. The van der Waals surface area contributed by atoms with E-state index in [2.05, 4.69) is 16.4 Å². The Morgan fingerprint density at radius 2 is 2.08 bits per heavy atom. The maximum Gasteiger partial charge on any atom is 0.407 e. The van der Waals surface area contributed by atoms with Crippen LogP contribution in [0.2, 0.25) is 0 Å². The third kappa shape index (κ3) is 5.01. The number of nitrogens with one attached hydrogen (secondary N) is 1. The van der Waals surface area contributed by atoms with E-state index in [1.165, 1.54) is 12.1 Å². The van der Waals surface area contributed by atoms with Gasteiger partial charge in [0.2, 0.25) is 0 Å². The second kappa shape index (κ2) is 10.4. The second-order valence-electron chi connectivity index (χ2n) is 10.3. The van der Waals surface area contributed by atoms with Crippen LogP contribution in [0.5, 0.6) is 0 Å². The molecule has 6 nitrogen and oxygen atoms in total. The Bertz CT molecular complexity index is 1130. The van der Waals surface area contributed by atoms with E-state index in [0.717, 1.165) is 42.5 Å². The van der Waals surface area contributed by atoms with E-state index in [0.29, 0.717) is 18.4 Å². The first-order chi connectivity index (χ1) is 17.4. The predicted molar refractivity (Wildman–Crippen MR) is 134 cm³/mol. The molecule has 1 saturated heterocycles. The molecule has 0 bridgehead atoms. The van der Waals surface area contributed by atoms with Gasteiger partial charge in [0, 0.05) is 23.7 Å². The van der Waals surface area contributed by atoms with Crippen LogP contribution < -0.4 is 5.32 Å². The van der Waals surface area contributed by atoms with Crippen molar-refractivity contribution < 1.29 is 23.5 Å². The number of cyclic esters (lactones) is 1. The molecule has 3 aliphatic rings. The highest BCUT2D eigenvalue weighted by Gasteiger charge is 2.54. The number of rotatable bonds is 5. The molecule has 7 heteroatoms. The lowest BCUT2D eigenvalue weighted by Gasteiger charge is -2.47. The molecule has 1 aliphatic heterocycles. The third-order valence-corrected chi connectivity index (χ3v) is 8.18. The van der Waals surface area contributed by atoms with Gasteiger partial charge in [0.1, 0.15) is 11.9 Å². The van der Waals surface area contributed by atoms with Crippen molar-refractivity contribution in [3.05, 3.63) is 60.2 Å². The van der Waals surface area contributed by atoms with Crippen molar-refractivity contribution in [3.63, 3.8) is 0 Å². The number of carbonyl (C=O) groups excluding carboxylic acids is 2. The van der Waals surface area contributed by atoms with Gasteiger partial charge in [0.25, 0.3) is 0 Å². The number of halogens is 1. The van der Waals surface area contributed by atoms with Gasteiger partial charge in [-0.1, -0.05) is 24.3 Å². The molecule has 0 unspecified atom stereocenters. The number of allylic oxidation sites excluding steroid dienone is 1. The average Bonchev–Trinajstić information content (AvgIpc) is 3.15. The van der Waals surface area contributed by atoms with Gasteiger partial charge in [-0.15, -0.1) is 0 Å². The fraction of sp³-hybridized carbons (Fsp3) is 0.483. The summed E-state index contributed by atoms with van der Waals surface area (Å²) in [5.41, 5.74) is 2.48. The van der Waals surface area contributed by atoms with Gasteiger partial charge in [-0.2, -0.15) is 0 Å². The van der Waals surface area contributed by atoms with Gasteiger partial charge in [-0.25, -0.2) is 9.18 Å². The zero-order valence-electron chi connectivity index (χ0n) is 20.7. The number of benzene rings is 1. The van der Waals surface area contributed by atoms with Crippen molar-refractivity contribution in [2.75, 3.05) is 6.61 Å². The molecule has 2 aromatic rings. The quantitative estimate of drug-likeness (QED) is 0.548. The highest BCUT2D eigenvalue weighted by molar-refractivity contribution is 5.75. The Kier molecular flexibility index (Phi) is 7.08. The summed E-state index contributed by atoms with van der Waals surface area (Å²) in [6.45, 7) is 4.15. The smallest absolute Gasteiger partial charge is 0.407 e. The summed E-state index contributed by atoms with van der Waals surface area (Å²) in [5.74, 6) is 0.629. The number of pyridine rings is 1. The number of hydrogen-bond acceptors (Lipinski definition) is 5. The van der Waals surface area contributed by atoms with Crippen LogP contribution in [0.15, 0.2) is 48.7 Å². The number of aromatic nitrogens is 1. The normalized spacial score (nSPS) is 31.4. The summed E-state index contributed by atoms with van der Waals surface area (Å²) >= 11 is 0. The Labute approximate surface area is 211 Å². The topological polar surface area (TPSA) is 77.5 Å². The molecule has 2 heterocycles. The van der Waals surface area contributed by atoms with Crippen molar-refractivity contribution in [2.45, 2.75) is 51.7 Å². The van der Waals surface area contributed by atoms with Crippen LogP contribution in [0, 0.1) is 35.4 Å². The number of amides is 1. The lowest BCUT2D eigenvalue weighted by Crippen LogP contribution is -2.48. The zero-order valence-corrected chi connectivity index (χ0v) is 20.7. The van der Waals surface area contributed by atoms with Crippen LogP contribution in [-0.4, -0.2) is 35.8 Å². The number of fused-ring (bicyclic) bond motifs is 2. The van der Waals surface area contributed by atoms with Crippen LogP contribution in [-0.2, 0) is 14.3 Å². The molecule has 1 aromatic carbocycles. The van der Waals surface area contributed by atoms with E-state index >= 15 is 0 Å². The van der Waals surface area contributed by atoms with Crippen LogP contribution in [0.1, 0.15) is 45.2 Å². The first-order valence-electron chi connectivity index (χ1n) is 13.0. The molecule has 0 spiro atoms. The Morgan fingerprint density at radius 3 is 2.83 bits per heavy atom. The van der Waals surface area contributed by atoms with E-state index in [4.69, 9.17) is 9.47 Å². The monoisotopic (exact) mass is 492 g/mol. The van der Waals surface area contributed by atoms with Crippen molar-refractivity contribution in [2.24, 2.45) is 29.6 Å². The summed E-state index contributed by atoms with van der Waals surface area (Å²) in [6.07, 6.45) is 9.07. The number of carbonyl (C=O) groups is 2. The minimum absolute atomic E-state index is 0.0679. The van der Waals surface area contributed by atoms with Crippen molar-refractivity contribution in [1.29, 1.82) is 0 Å². The molecule has 1 N–H and O–H groups in total. The minimum Gasteiger partial charge on any atom is -0.462 e. The molecule has 2 saturated carbocycles. The van der Waals surface area contributed by atoms with Crippen LogP contribution >= 0.6 is 0 Å². The van der Waals surface area contributed by atoms with Gasteiger partial charge in [-0.05, 0) is 87.1 Å². The second-order valence-corrected chi connectivity index (χ2v) is 10.3. The average molecular weight is 493 g/mol. The van der Waals surface area contributed by atoms with Crippen molar-refractivity contribution in [3.8, 4) is 11.1 Å². The van der Waals surface area contributed by atoms with E-state index in [1.807, 2.05) is 31.2 Å². The molecule has 190 valence electrons. The molecule has 0 radical (unpaired) electrons. The third-order valence-electron chi connectivity index (χ3n) is 8.18. The van der Waals surface area contributed by atoms with Crippen molar-refractivity contribution in [1.82, 2.24) is 10.3 Å². The summed E-state index contributed by atoms with van der Waals surface area (Å²) in [5, 5.41) is 3.00. The highest BCUT2D eigenvalue weighted by Crippen LogP contribution is 2.53. The summed E-state index contributed by atoms with van der Waals surface area (Å²) in [6, 6.07) is 10.4. The fourth-order valence-electron chi connectivity index (χ4n) is 6.64. The molecule has 1 aromatic heterocycles. The van der Waals surface area contributed by atoms with Gasteiger partial charge in [0.15, 0.2) is 0 Å². The van der Waals surface area contributed by atoms with Gasteiger partial charge >= 0.3 is 12.1 Å². The predicted octanol–water partition coefficient (Wildman–Crippen LogP) is 5.63. The number of ether oxygens (including phenoxy) is 2. The van der Waals surface area contributed by atoms with Gasteiger partial charge < -0.3 is 14.8 Å². The zero-order chi connectivity index (χ0) is 25.2. The molecular weight excluding hydrogens is 459 g/mol. The van der Waals surface area contributed by atoms with Crippen LogP contribution in [0.3, 0.4) is 0 Å². The molecule has 5 rings (SSSR count). The largest absolute Gasteiger partial charge is 0.462 e. The van der Waals surface area contributed by atoms with Crippen LogP contribution in [0.25, 0.3) is 17.2 Å². The molecule has 7 atom stereocenters. The number of esters is 1. The van der Waals surface area contributed by atoms with E-state index < -0.39 is 0 Å². The molecule has 1 amide bonds. The van der Waals surface area contributed by atoms with Gasteiger partial charge in [0.05, 0.1) is 18.2 Å². The highest BCUT2D eigenvalue weighted by atomic mass is 19.1. The molecule has 3 fully saturated rings. The summed E-state index contributed by atoms with van der Waals surface area (Å²) in [4.78, 5) is 29.2. The molecular formula is C29H33FN2O4. The van der Waals surface area contributed by atoms with E-state index in [9.17, 15) is 14.0 Å². The lowest BCUT2D eigenvalue weighted by molar-refractivity contribution is -0.144. The van der Waals surface area contributed by atoms with Crippen LogP contribution in [0.4, 0.5) is 9.18 Å². The van der Waals surface area contributed by atoms with Crippen molar-refractivity contribution >= 4 is 18.1 Å². The Hall–Kier alpha value is -3.22. The lowest BCUT2D eigenvalue weighted by atomic mass is 9.57. The maximum atomic E-state index is 13.6. The summed E-state index contributed by atoms with van der Waals surface area (Å²) in [7, 11) is 0. The van der Waals surface area contributed by atoms with E-state index in [-0.39, 0.29) is 47.8 Å². The number of nitrogens with zero attached hydrogens (tertiary/aromatic N) is 1. The Morgan fingerprint density at radius 1 is 1.22 bits per heavy atom. The Balaban J connectivity index is 1.34. The SMILES string of the molecule is CCOC(=O)N[C@H]1CC[C@H]2[C@H](C1)C[C@H]1C(=O)O[C@@H](C)[C@H]1[C@@H]2C=Cc1ccc(-c2cccc(F)c2)cn1. The standard InChI is InChI=1S/C29H33FN2O4/c1-3-35-29(34)32-23-10-11-24-20(14-23)15-26-27(17(2)36-28(26)33)25(24)12-9-22-8-7-19(16-31-22)18-5-4-6-21(30)13-18/h4-9,12-13,16-17,20,23-27H,3,10-11,14-15H2,1-2H3,(H,32,34)/t17-,20+,23-,24-,25+,26+,27-/m0/s1. The molecule has 2 aliphatic carbocycles. The number of hydrogen-bond donors (Lipinski definition) is 1. The fourth-order valence-corrected chi connectivity index (χ4v) is 6.64. The summed E-state index contributed by atoms with van der Waals surface area (Å²) < 4.78 is 24.3. The maximum absolute atomic E-state index is 13.6. The molecule has 36 heavy (non-hydrogen) atoms. The minimum atomic E-state index is -0.368. The first-order valence-corrected chi connectivity index (χ1v) is 13.0. The van der Waals surface area contributed by atoms with E-state index in [1.54, 1.807) is 19.2 Å². The van der Waals surface area contributed by atoms with Gasteiger partial charge in [-0.3, -0.25) is 9.78 Å².